The number of amides is 2. The molecule has 1 aromatic carbocycles. The molecule has 1 aromatic heterocycles. The van der Waals surface area contributed by atoms with E-state index in [1.807, 2.05) is 12.3 Å². The summed E-state index contributed by atoms with van der Waals surface area (Å²) in [7, 11) is 0. The molecular weight excluding hydrogens is 537 g/mol. The Hall–Kier alpha value is -3.02. The lowest BCUT2D eigenvalue weighted by Crippen LogP contribution is -2.50. The van der Waals surface area contributed by atoms with Crippen molar-refractivity contribution in [3.8, 4) is 0 Å². The molecule has 0 saturated carbocycles. The van der Waals surface area contributed by atoms with Crippen molar-refractivity contribution in [2.24, 2.45) is 0 Å². The molecule has 3 aliphatic heterocycles. The van der Waals surface area contributed by atoms with E-state index in [9.17, 15) is 22.8 Å². The summed E-state index contributed by atoms with van der Waals surface area (Å²) in [5.41, 5.74) is 2.04. The van der Waals surface area contributed by atoms with Crippen molar-refractivity contribution >= 4 is 11.8 Å². The lowest BCUT2D eigenvalue weighted by molar-refractivity contribution is -0.137. The number of hydrogen-bond acceptors (Lipinski definition) is 6. The van der Waals surface area contributed by atoms with Crippen LogP contribution in [0.2, 0.25) is 0 Å². The maximum atomic E-state index is 13.3. The molecule has 4 aliphatic rings. The van der Waals surface area contributed by atoms with Crippen LogP contribution in [0.1, 0.15) is 64.4 Å². The van der Waals surface area contributed by atoms with Crippen LogP contribution < -0.4 is 5.32 Å². The third-order valence-electron chi connectivity index (χ3n) is 8.83. The maximum absolute atomic E-state index is 13.3. The molecule has 2 fully saturated rings. The third kappa shape index (κ3) is 6.12. The van der Waals surface area contributed by atoms with E-state index in [1.54, 1.807) is 6.20 Å². The Labute approximate surface area is 237 Å². The number of nitrogens with one attached hydrogen (secondary N) is 1. The molecule has 11 heteroatoms. The quantitative estimate of drug-likeness (QED) is 0.570. The van der Waals surface area contributed by atoms with Gasteiger partial charge in [0.2, 0.25) is 5.91 Å². The Morgan fingerprint density at radius 1 is 1.10 bits per heavy atom. The summed E-state index contributed by atoms with van der Waals surface area (Å²) in [5, 5.41) is 3.11. The Kier molecular flexibility index (Phi) is 8.02. The van der Waals surface area contributed by atoms with Crippen molar-refractivity contribution in [1.82, 2.24) is 20.1 Å². The number of likely N-dealkylation sites (tertiary alicyclic amines) is 1. The lowest BCUT2D eigenvalue weighted by atomic mass is 9.96. The number of fused-ring (bicyclic) bond motifs is 2. The molecular formula is C30H35F3N4O4. The third-order valence-corrected chi connectivity index (χ3v) is 8.83. The van der Waals surface area contributed by atoms with Crippen molar-refractivity contribution < 1.29 is 32.2 Å². The maximum Gasteiger partial charge on any atom is 0.416 e. The minimum absolute atomic E-state index is 0.0104. The summed E-state index contributed by atoms with van der Waals surface area (Å²) < 4.78 is 52.1. The van der Waals surface area contributed by atoms with Crippen LogP contribution in [0.5, 0.6) is 0 Å². The van der Waals surface area contributed by atoms with Crippen molar-refractivity contribution in [2.75, 3.05) is 39.4 Å². The Morgan fingerprint density at radius 3 is 2.83 bits per heavy atom. The highest BCUT2D eigenvalue weighted by Gasteiger charge is 2.41. The summed E-state index contributed by atoms with van der Waals surface area (Å²) >= 11 is 0. The molecule has 2 saturated heterocycles. The van der Waals surface area contributed by atoms with E-state index in [4.69, 9.17) is 9.47 Å². The molecule has 41 heavy (non-hydrogen) atoms. The molecule has 2 amide bonds. The molecule has 0 bridgehead atoms. The smallest absolute Gasteiger partial charge is 0.381 e. The molecule has 6 rings (SSSR count). The first-order valence-electron chi connectivity index (χ1n) is 14.4. The number of ether oxygens (including phenoxy) is 2. The highest BCUT2D eigenvalue weighted by Crippen LogP contribution is 2.36. The number of aromatic nitrogens is 1. The molecule has 0 radical (unpaired) electrons. The van der Waals surface area contributed by atoms with Crippen molar-refractivity contribution in [3.63, 3.8) is 0 Å². The summed E-state index contributed by atoms with van der Waals surface area (Å²) in [6.45, 7) is 2.82. The average molecular weight is 573 g/mol. The molecule has 0 spiro atoms. The van der Waals surface area contributed by atoms with Gasteiger partial charge in [0.1, 0.15) is 0 Å². The van der Waals surface area contributed by atoms with E-state index in [1.165, 1.54) is 16.5 Å². The number of nitrogens with zero attached hydrogens (tertiary/aromatic N) is 3. The summed E-state index contributed by atoms with van der Waals surface area (Å²) in [6.07, 6.45) is 3.87. The summed E-state index contributed by atoms with van der Waals surface area (Å²) in [6, 6.07) is 5.33. The van der Waals surface area contributed by atoms with Crippen LogP contribution in [0, 0.1) is 0 Å². The van der Waals surface area contributed by atoms with Gasteiger partial charge in [-0.15, -0.1) is 0 Å². The Morgan fingerprint density at radius 2 is 1.98 bits per heavy atom. The SMILES string of the molecule is O=C(CN1CCc2ccc(C(F)(F)F)cc2C1=O)NC1CN(C2CCCOCC2)C[C@@H]1OC1CCc2ccncc21. The van der Waals surface area contributed by atoms with Crippen LogP contribution in [-0.2, 0) is 33.3 Å². The number of aryl methyl sites for hydroxylation is 1. The zero-order valence-electron chi connectivity index (χ0n) is 22.9. The van der Waals surface area contributed by atoms with Crippen LogP contribution in [0.15, 0.2) is 36.7 Å². The number of halogens is 3. The number of rotatable bonds is 6. The average Bonchev–Trinajstić information content (AvgIpc) is 3.42. The number of carbonyl (C=O) groups is 2. The van der Waals surface area contributed by atoms with E-state index >= 15 is 0 Å². The van der Waals surface area contributed by atoms with Gasteiger partial charge in [-0.05, 0) is 67.9 Å². The number of benzene rings is 1. The molecule has 4 atom stereocenters. The fourth-order valence-corrected chi connectivity index (χ4v) is 6.65. The normalized spacial score (nSPS) is 26.9. The van der Waals surface area contributed by atoms with Gasteiger partial charge >= 0.3 is 6.18 Å². The second kappa shape index (κ2) is 11.7. The first kappa shape index (κ1) is 28.1. The van der Waals surface area contributed by atoms with E-state index in [-0.39, 0.29) is 42.8 Å². The zero-order chi connectivity index (χ0) is 28.6. The monoisotopic (exact) mass is 572 g/mol. The Balaban J connectivity index is 1.14. The van der Waals surface area contributed by atoms with Gasteiger partial charge in [0.25, 0.3) is 5.91 Å². The van der Waals surface area contributed by atoms with Gasteiger partial charge in [-0.2, -0.15) is 13.2 Å². The second-order valence-corrected chi connectivity index (χ2v) is 11.4. The van der Waals surface area contributed by atoms with Gasteiger partial charge in [-0.3, -0.25) is 19.5 Å². The number of pyridine rings is 1. The lowest BCUT2D eigenvalue weighted by Gasteiger charge is -2.30. The highest BCUT2D eigenvalue weighted by atomic mass is 19.4. The second-order valence-electron chi connectivity index (χ2n) is 11.4. The van der Waals surface area contributed by atoms with Crippen LogP contribution in [0.4, 0.5) is 13.2 Å². The molecule has 1 N–H and O–H groups in total. The highest BCUT2D eigenvalue weighted by molar-refractivity contribution is 5.99. The van der Waals surface area contributed by atoms with Gasteiger partial charge in [-0.25, -0.2) is 0 Å². The zero-order valence-corrected chi connectivity index (χ0v) is 22.9. The van der Waals surface area contributed by atoms with E-state index in [2.05, 4.69) is 15.2 Å². The van der Waals surface area contributed by atoms with E-state index in [0.29, 0.717) is 37.7 Å². The van der Waals surface area contributed by atoms with Crippen LogP contribution in [0.3, 0.4) is 0 Å². The van der Waals surface area contributed by atoms with Crippen molar-refractivity contribution in [1.29, 1.82) is 0 Å². The molecule has 4 heterocycles. The number of carbonyl (C=O) groups excluding carboxylic acids is 2. The summed E-state index contributed by atoms with van der Waals surface area (Å²) in [5.74, 6) is -0.895. The standard InChI is InChI=1S/C30H35F3N4O4/c31-30(32,33)21-5-3-20-8-11-36(29(39)23(20)14-21)18-28(38)35-25-16-37(22-2-1-12-40-13-9-22)17-27(25)41-26-6-4-19-7-10-34-15-24(19)26/h3,5,7,10,14-15,22,25-27H,1-2,4,6,8-9,11-13,16-18H2,(H,35,38)/t22?,25?,26?,27-/m0/s1. The number of hydrogen-bond donors (Lipinski definition) is 1. The molecule has 8 nitrogen and oxygen atoms in total. The minimum Gasteiger partial charge on any atom is -0.381 e. The van der Waals surface area contributed by atoms with Gasteiger partial charge in [-0.1, -0.05) is 6.07 Å². The molecule has 3 unspecified atom stereocenters. The Bertz CT molecular complexity index is 1280. The van der Waals surface area contributed by atoms with Crippen molar-refractivity contribution in [2.45, 2.75) is 69.0 Å². The molecule has 2 aromatic rings. The first-order chi connectivity index (χ1) is 19.8. The first-order valence-corrected chi connectivity index (χ1v) is 14.4. The van der Waals surface area contributed by atoms with Gasteiger partial charge in [0.15, 0.2) is 0 Å². The number of alkyl halides is 3. The van der Waals surface area contributed by atoms with Gasteiger partial charge < -0.3 is 19.7 Å². The topological polar surface area (TPSA) is 84.0 Å². The van der Waals surface area contributed by atoms with Crippen LogP contribution >= 0.6 is 0 Å². The van der Waals surface area contributed by atoms with Crippen LogP contribution in [-0.4, -0.2) is 84.2 Å². The van der Waals surface area contributed by atoms with E-state index < -0.39 is 17.6 Å². The predicted octanol–water partition coefficient (Wildman–Crippen LogP) is 3.54. The fraction of sp³-hybridized carbons (Fsp3) is 0.567. The predicted molar refractivity (Wildman–Crippen MR) is 143 cm³/mol. The van der Waals surface area contributed by atoms with Crippen molar-refractivity contribution in [3.05, 3.63) is 64.5 Å². The van der Waals surface area contributed by atoms with Crippen LogP contribution in [0.25, 0.3) is 0 Å². The summed E-state index contributed by atoms with van der Waals surface area (Å²) in [4.78, 5) is 34.4. The minimum atomic E-state index is -4.54. The van der Waals surface area contributed by atoms with Gasteiger partial charge in [0, 0.05) is 62.4 Å². The molecule has 220 valence electrons. The van der Waals surface area contributed by atoms with E-state index in [0.717, 1.165) is 56.4 Å². The molecule has 1 aliphatic carbocycles. The fourth-order valence-electron chi connectivity index (χ4n) is 6.65. The van der Waals surface area contributed by atoms with Gasteiger partial charge in [0.05, 0.1) is 30.4 Å². The largest absolute Gasteiger partial charge is 0.416 e.